The Balaban J connectivity index is 1.44. The summed E-state index contributed by atoms with van der Waals surface area (Å²) in [4.78, 5) is 18.2. The Labute approximate surface area is 165 Å². The van der Waals surface area contributed by atoms with Crippen LogP contribution in [0.25, 0.3) is 22.0 Å². The Bertz CT molecular complexity index is 1280. The van der Waals surface area contributed by atoms with E-state index >= 15 is 0 Å². The highest BCUT2D eigenvalue weighted by Gasteiger charge is 2.28. The molecule has 1 aliphatic rings. The first kappa shape index (κ1) is 17.5. The molecule has 0 aliphatic carbocycles. The second kappa shape index (κ2) is 6.48. The maximum Gasteiger partial charge on any atom is 0.256 e. The van der Waals surface area contributed by atoms with Crippen molar-refractivity contribution >= 4 is 16.8 Å². The van der Waals surface area contributed by atoms with Crippen molar-refractivity contribution in [1.29, 1.82) is 0 Å². The normalized spacial score (nSPS) is 13.3. The number of fused-ring (bicyclic) bond motifs is 2. The van der Waals surface area contributed by atoms with Crippen LogP contribution in [0.2, 0.25) is 0 Å². The number of halogens is 2. The summed E-state index contributed by atoms with van der Waals surface area (Å²) in [7, 11) is 1.76. The summed E-state index contributed by atoms with van der Waals surface area (Å²) in [5, 5.41) is 4.96. The van der Waals surface area contributed by atoms with Gasteiger partial charge in [0.05, 0.1) is 23.3 Å². The first-order chi connectivity index (χ1) is 14.0. The average Bonchev–Trinajstić information content (AvgIpc) is 3.21. The molecule has 3 heterocycles. The monoisotopic (exact) mass is 390 g/mol. The number of amides is 1. The van der Waals surface area contributed by atoms with Gasteiger partial charge in [-0.15, -0.1) is 0 Å². The van der Waals surface area contributed by atoms with Crippen molar-refractivity contribution in [2.45, 2.75) is 13.1 Å². The van der Waals surface area contributed by atoms with Crippen LogP contribution in [0.5, 0.6) is 0 Å². The molecule has 0 fully saturated rings. The van der Waals surface area contributed by atoms with Crippen LogP contribution in [0.15, 0.2) is 54.9 Å². The highest BCUT2D eigenvalue weighted by Crippen LogP contribution is 2.30. The van der Waals surface area contributed by atoms with Gasteiger partial charge >= 0.3 is 0 Å². The van der Waals surface area contributed by atoms with Crippen molar-refractivity contribution in [3.8, 4) is 11.1 Å². The van der Waals surface area contributed by atoms with Crippen LogP contribution in [-0.4, -0.2) is 25.6 Å². The molecule has 0 bridgehead atoms. The minimum absolute atomic E-state index is 0.130. The molecule has 0 unspecified atom stereocenters. The Kier molecular flexibility index (Phi) is 3.91. The maximum atomic E-state index is 14.8. The lowest BCUT2D eigenvalue weighted by Gasteiger charge is -2.16. The first-order valence-electron chi connectivity index (χ1n) is 9.14. The number of aromatic nitrogens is 3. The third kappa shape index (κ3) is 2.95. The summed E-state index contributed by atoms with van der Waals surface area (Å²) >= 11 is 0. The van der Waals surface area contributed by atoms with Crippen molar-refractivity contribution in [2.75, 3.05) is 0 Å². The SMILES string of the molecule is Cn1cc2cc(-c3ccc(CN4Cc5ncccc5C4=O)c(F)c3)c(F)cc2n1. The van der Waals surface area contributed by atoms with E-state index in [9.17, 15) is 13.6 Å². The van der Waals surface area contributed by atoms with E-state index in [-0.39, 0.29) is 12.5 Å². The van der Waals surface area contributed by atoms with Gasteiger partial charge in [0.2, 0.25) is 0 Å². The van der Waals surface area contributed by atoms with Crippen LogP contribution in [0.4, 0.5) is 8.78 Å². The summed E-state index contributed by atoms with van der Waals surface area (Å²) in [6.45, 7) is 0.480. The van der Waals surface area contributed by atoms with E-state index in [0.29, 0.717) is 40.0 Å². The van der Waals surface area contributed by atoms with Gasteiger partial charge < -0.3 is 4.90 Å². The molecular formula is C22H16F2N4O. The minimum atomic E-state index is -0.482. The maximum absolute atomic E-state index is 14.8. The van der Waals surface area contributed by atoms with Gasteiger partial charge in [0.25, 0.3) is 5.91 Å². The largest absolute Gasteiger partial charge is 0.328 e. The molecule has 29 heavy (non-hydrogen) atoms. The van der Waals surface area contributed by atoms with Gasteiger partial charge in [-0.1, -0.05) is 12.1 Å². The van der Waals surface area contributed by atoms with Crippen molar-refractivity contribution < 1.29 is 13.6 Å². The fraction of sp³-hybridized carbons (Fsp3) is 0.136. The van der Waals surface area contributed by atoms with E-state index in [1.54, 1.807) is 59.4 Å². The number of carbonyl (C=O) groups is 1. The number of pyridine rings is 1. The smallest absolute Gasteiger partial charge is 0.256 e. The molecule has 0 spiro atoms. The molecule has 5 nitrogen and oxygen atoms in total. The van der Waals surface area contributed by atoms with Crippen molar-refractivity contribution in [3.63, 3.8) is 0 Å². The van der Waals surface area contributed by atoms with Crippen LogP contribution < -0.4 is 0 Å². The molecule has 0 N–H and O–H groups in total. The van der Waals surface area contributed by atoms with Gasteiger partial charge in [0.15, 0.2) is 0 Å². The molecule has 0 atom stereocenters. The molecule has 0 saturated heterocycles. The van der Waals surface area contributed by atoms with Gasteiger partial charge in [-0.2, -0.15) is 5.10 Å². The quantitative estimate of drug-likeness (QED) is 0.530. The molecule has 2 aromatic carbocycles. The van der Waals surface area contributed by atoms with Gasteiger partial charge in [0, 0.05) is 48.6 Å². The third-order valence-electron chi connectivity index (χ3n) is 5.18. The molecule has 0 radical (unpaired) electrons. The van der Waals surface area contributed by atoms with Crippen LogP contribution in [-0.2, 0) is 20.1 Å². The lowest BCUT2D eigenvalue weighted by molar-refractivity contribution is 0.0765. The number of rotatable bonds is 3. The van der Waals surface area contributed by atoms with Gasteiger partial charge in [0.1, 0.15) is 11.6 Å². The predicted octanol–water partition coefficient (Wildman–Crippen LogP) is 4.07. The molecular weight excluding hydrogens is 374 g/mol. The van der Waals surface area contributed by atoms with E-state index in [2.05, 4.69) is 10.1 Å². The van der Waals surface area contributed by atoms with Crippen LogP contribution in [0.1, 0.15) is 21.6 Å². The molecule has 5 rings (SSSR count). The molecule has 1 aliphatic heterocycles. The number of hydrogen-bond donors (Lipinski definition) is 0. The molecule has 4 aromatic rings. The van der Waals surface area contributed by atoms with Crippen molar-refractivity contribution in [3.05, 3.63) is 83.3 Å². The Morgan fingerprint density at radius 2 is 1.93 bits per heavy atom. The fourth-order valence-corrected chi connectivity index (χ4v) is 3.75. The molecule has 7 heteroatoms. The second-order valence-corrected chi connectivity index (χ2v) is 7.16. The van der Waals surface area contributed by atoms with E-state index in [4.69, 9.17) is 0 Å². The van der Waals surface area contributed by atoms with E-state index < -0.39 is 11.6 Å². The summed E-state index contributed by atoms with van der Waals surface area (Å²) < 4.78 is 31.0. The number of carbonyl (C=O) groups excluding carboxylic acids is 1. The van der Waals surface area contributed by atoms with Gasteiger partial charge in [-0.05, 0) is 29.8 Å². The highest BCUT2D eigenvalue weighted by molar-refractivity contribution is 5.97. The number of hydrogen-bond acceptors (Lipinski definition) is 3. The second-order valence-electron chi connectivity index (χ2n) is 7.16. The van der Waals surface area contributed by atoms with E-state index in [0.717, 1.165) is 5.39 Å². The first-order valence-corrected chi connectivity index (χ1v) is 9.14. The highest BCUT2D eigenvalue weighted by atomic mass is 19.1. The lowest BCUT2D eigenvalue weighted by Crippen LogP contribution is -2.23. The zero-order valence-electron chi connectivity index (χ0n) is 15.6. The third-order valence-corrected chi connectivity index (χ3v) is 5.18. The van der Waals surface area contributed by atoms with Crippen LogP contribution in [0.3, 0.4) is 0 Å². The van der Waals surface area contributed by atoms with Crippen molar-refractivity contribution in [1.82, 2.24) is 19.7 Å². The molecule has 2 aromatic heterocycles. The number of nitrogens with zero attached hydrogens (tertiary/aromatic N) is 4. The number of benzene rings is 2. The average molecular weight is 390 g/mol. The minimum Gasteiger partial charge on any atom is -0.328 e. The molecule has 1 amide bonds. The standard InChI is InChI=1S/C22H16F2N4O/c1-27-10-15-7-17(19(24)9-20(15)26-27)13-4-5-14(18(23)8-13)11-28-12-21-16(22(28)29)3-2-6-25-21/h2-10H,11-12H2,1H3. The van der Waals surface area contributed by atoms with Crippen molar-refractivity contribution in [2.24, 2.45) is 7.05 Å². The summed E-state index contributed by atoms with van der Waals surface area (Å²) in [6.07, 6.45) is 3.42. The van der Waals surface area contributed by atoms with E-state index in [1.165, 1.54) is 12.1 Å². The molecule has 144 valence electrons. The van der Waals surface area contributed by atoms with Gasteiger partial charge in [-0.3, -0.25) is 14.5 Å². The predicted molar refractivity (Wildman–Crippen MR) is 104 cm³/mol. The van der Waals surface area contributed by atoms with Crippen LogP contribution in [0, 0.1) is 11.6 Å². The Hall–Kier alpha value is -3.61. The number of aryl methyl sites for hydroxylation is 1. The topological polar surface area (TPSA) is 51.0 Å². The zero-order chi connectivity index (χ0) is 20.1. The summed E-state index contributed by atoms with van der Waals surface area (Å²) in [5.74, 6) is -1.10. The fourth-order valence-electron chi connectivity index (χ4n) is 3.75. The van der Waals surface area contributed by atoms with E-state index in [1.807, 2.05) is 0 Å². The summed E-state index contributed by atoms with van der Waals surface area (Å²) in [6, 6.07) is 11.0. The molecule has 0 saturated carbocycles. The van der Waals surface area contributed by atoms with Gasteiger partial charge in [-0.25, -0.2) is 8.78 Å². The summed E-state index contributed by atoms with van der Waals surface area (Å²) in [5.41, 5.74) is 2.92. The zero-order valence-corrected chi connectivity index (χ0v) is 15.6. The lowest BCUT2D eigenvalue weighted by atomic mass is 10.0. The van der Waals surface area contributed by atoms with Crippen LogP contribution >= 0.6 is 0 Å². The Morgan fingerprint density at radius 3 is 2.72 bits per heavy atom. The Morgan fingerprint density at radius 1 is 1.07 bits per heavy atom.